The first-order chi connectivity index (χ1) is 10.1. The number of nitrogens with zero attached hydrogens (tertiary/aromatic N) is 1. The standard InChI is InChI=1S/C17H22N2O2/c1-11-6-14-8-16(21-15(14)7-12(11)2)17(20)19-5-4-13(10-19)9-18-3/h6-8,13,18H,4-5,9-10H2,1-3H3/t13-/m1/s1. The van der Waals surface area contributed by atoms with Crippen LogP contribution in [0.1, 0.15) is 28.1 Å². The molecule has 0 radical (unpaired) electrons. The van der Waals surface area contributed by atoms with Gasteiger partial charge in [-0.25, -0.2) is 0 Å². The van der Waals surface area contributed by atoms with Gasteiger partial charge in [0.15, 0.2) is 5.76 Å². The number of nitrogens with one attached hydrogen (secondary N) is 1. The van der Waals surface area contributed by atoms with Crippen LogP contribution in [0.5, 0.6) is 0 Å². The average Bonchev–Trinajstić information content (AvgIpc) is 3.06. The van der Waals surface area contributed by atoms with Crippen LogP contribution in [0.25, 0.3) is 11.0 Å². The van der Waals surface area contributed by atoms with Gasteiger partial charge in [-0.3, -0.25) is 4.79 Å². The van der Waals surface area contributed by atoms with E-state index in [-0.39, 0.29) is 5.91 Å². The summed E-state index contributed by atoms with van der Waals surface area (Å²) in [6.45, 7) is 6.73. The van der Waals surface area contributed by atoms with Crippen LogP contribution in [-0.2, 0) is 0 Å². The monoisotopic (exact) mass is 286 g/mol. The molecule has 1 saturated heterocycles. The summed E-state index contributed by atoms with van der Waals surface area (Å²) in [4.78, 5) is 14.5. The lowest BCUT2D eigenvalue weighted by Crippen LogP contribution is -2.30. The van der Waals surface area contributed by atoms with E-state index in [2.05, 4.69) is 25.2 Å². The first-order valence-electron chi connectivity index (χ1n) is 7.53. The van der Waals surface area contributed by atoms with Crippen LogP contribution in [0.4, 0.5) is 0 Å². The molecule has 1 fully saturated rings. The molecule has 1 aromatic heterocycles. The van der Waals surface area contributed by atoms with E-state index in [9.17, 15) is 4.79 Å². The van der Waals surface area contributed by atoms with Gasteiger partial charge >= 0.3 is 0 Å². The summed E-state index contributed by atoms with van der Waals surface area (Å²) >= 11 is 0. The van der Waals surface area contributed by atoms with Crippen molar-refractivity contribution < 1.29 is 9.21 Å². The zero-order valence-corrected chi connectivity index (χ0v) is 12.9. The lowest BCUT2D eigenvalue weighted by molar-refractivity contribution is 0.0758. The molecule has 4 nitrogen and oxygen atoms in total. The molecule has 1 N–H and O–H groups in total. The summed E-state index contributed by atoms with van der Waals surface area (Å²) in [5.74, 6) is 1.02. The zero-order valence-electron chi connectivity index (χ0n) is 12.9. The predicted molar refractivity (Wildman–Crippen MR) is 83.6 cm³/mol. The van der Waals surface area contributed by atoms with Crippen molar-refractivity contribution >= 4 is 16.9 Å². The average molecular weight is 286 g/mol. The number of amides is 1. The van der Waals surface area contributed by atoms with Gasteiger partial charge in [0.05, 0.1) is 0 Å². The third-order valence-corrected chi connectivity index (χ3v) is 4.41. The SMILES string of the molecule is CNC[C@H]1CCN(C(=O)c2cc3cc(C)c(C)cc3o2)C1. The van der Waals surface area contributed by atoms with Crippen molar-refractivity contribution in [2.24, 2.45) is 5.92 Å². The topological polar surface area (TPSA) is 45.5 Å². The van der Waals surface area contributed by atoms with Gasteiger partial charge in [0.25, 0.3) is 5.91 Å². The number of benzene rings is 1. The van der Waals surface area contributed by atoms with Gasteiger partial charge in [0, 0.05) is 18.5 Å². The van der Waals surface area contributed by atoms with Gasteiger partial charge < -0.3 is 14.6 Å². The van der Waals surface area contributed by atoms with Gasteiger partial charge in [-0.1, -0.05) is 0 Å². The fourth-order valence-electron chi connectivity index (χ4n) is 3.04. The maximum Gasteiger partial charge on any atom is 0.289 e. The number of aryl methyl sites for hydroxylation is 2. The molecule has 1 aliphatic heterocycles. The van der Waals surface area contributed by atoms with E-state index in [0.717, 1.165) is 37.0 Å². The third kappa shape index (κ3) is 2.68. The summed E-state index contributed by atoms with van der Waals surface area (Å²) in [5.41, 5.74) is 3.20. The van der Waals surface area contributed by atoms with E-state index in [0.29, 0.717) is 11.7 Å². The maximum atomic E-state index is 12.5. The van der Waals surface area contributed by atoms with Crippen LogP contribution in [0.15, 0.2) is 22.6 Å². The van der Waals surface area contributed by atoms with Gasteiger partial charge in [0.2, 0.25) is 0 Å². The van der Waals surface area contributed by atoms with Crippen LogP contribution in [-0.4, -0.2) is 37.5 Å². The lowest BCUT2D eigenvalue weighted by Gasteiger charge is -2.14. The van der Waals surface area contributed by atoms with E-state index < -0.39 is 0 Å². The number of fused-ring (bicyclic) bond motifs is 1. The van der Waals surface area contributed by atoms with E-state index in [1.807, 2.05) is 24.1 Å². The Morgan fingerprint density at radius 1 is 1.33 bits per heavy atom. The second-order valence-electron chi connectivity index (χ2n) is 6.05. The fraction of sp³-hybridized carbons (Fsp3) is 0.471. The van der Waals surface area contributed by atoms with E-state index in [4.69, 9.17) is 4.42 Å². The number of likely N-dealkylation sites (tertiary alicyclic amines) is 1. The number of hydrogen-bond acceptors (Lipinski definition) is 3. The molecule has 2 heterocycles. The lowest BCUT2D eigenvalue weighted by atomic mass is 10.1. The summed E-state index contributed by atoms with van der Waals surface area (Å²) in [7, 11) is 1.95. The zero-order chi connectivity index (χ0) is 15.0. The summed E-state index contributed by atoms with van der Waals surface area (Å²) < 4.78 is 5.77. The summed E-state index contributed by atoms with van der Waals surface area (Å²) in [6.07, 6.45) is 1.06. The Morgan fingerprint density at radius 3 is 2.86 bits per heavy atom. The number of furan rings is 1. The van der Waals surface area contributed by atoms with Crippen molar-refractivity contribution in [3.8, 4) is 0 Å². The highest BCUT2D eigenvalue weighted by molar-refractivity contribution is 5.96. The van der Waals surface area contributed by atoms with Gasteiger partial charge in [-0.15, -0.1) is 0 Å². The Kier molecular flexibility index (Phi) is 3.72. The highest BCUT2D eigenvalue weighted by atomic mass is 16.3. The van der Waals surface area contributed by atoms with Crippen LogP contribution < -0.4 is 5.32 Å². The molecule has 1 atom stereocenters. The minimum atomic E-state index is 0.0140. The van der Waals surface area contributed by atoms with E-state index in [1.54, 1.807) is 0 Å². The number of carbonyl (C=O) groups excluding carboxylic acids is 1. The minimum Gasteiger partial charge on any atom is -0.451 e. The molecule has 1 aromatic carbocycles. The number of carbonyl (C=O) groups is 1. The molecule has 1 aliphatic rings. The van der Waals surface area contributed by atoms with Crippen LogP contribution in [0.2, 0.25) is 0 Å². The summed E-state index contributed by atoms with van der Waals surface area (Å²) in [5, 5.41) is 4.19. The first kappa shape index (κ1) is 14.1. The molecular weight excluding hydrogens is 264 g/mol. The summed E-state index contributed by atoms with van der Waals surface area (Å²) in [6, 6.07) is 5.96. The Balaban J connectivity index is 1.82. The Morgan fingerprint density at radius 2 is 2.10 bits per heavy atom. The molecule has 112 valence electrons. The first-order valence-corrected chi connectivity index (χ1v) is 7.53. The predicted octanol–water partition coefficient (Wildman–Crippen LogP) is 2.73. The van der Waals surface area contributed by atoms with Crippen molar-refractivity contribution in [1.82, 2.24) is 10.2 Å². The molecule has 0 saturated carbocycles. The Hall–Kier alpha value is -1.81. The van der Waals surface area contributed by atoms with Crippen molar-refractivity contribution in [3.63, 3.8) is 0 Å². The fourth-order valence-corrected chi connectivity index (χ4v) is 3.04. The van der Waals surface area contributed by atoms with E-state index in [1.165, 1.54) is 11.1 Å². The van der Waals surface area contributed by atoms with Crippen molar-refractivity contribution in [3.05, 3.63) is 35.1 Å². The number of hydrogen-bond donors (Lipinski definition) is 1. The Labute approximate surface area is 125 Å². The molecule has 0 spiro atoms. The second-order valence-corrected chi connectivity index (χ2v) is 6.05. The highest BCUT2D eigenvalue weighted by Gasteiger charge is 2.28. The van der Waals surface area contributed by atoms with Crippen molar-refractivity contribution in [2.75, 3.05) is 26.7 Å². The highest BCUT2D eigenvalue weighted by Crippen LogP contribution is 2.25. The van der Waals surface area contributed by atoms with Crippen LogP contribution in [0.3, 0.4) is 0 Å². The molecule has 0 aliphatic carbocycles. The normalized spacial score (nSPS) is 18.6. The molecule has 0 unspecified atom stereocenters. The van der Waals surface area contributed by atoms with Gasteiger partial charge in [-0.05, 0) is 69.1 Å². The molecule has 21 heavy (non-hydrogen) atoms. The minimum absolute atomic E-state index is 0.0140. The smallest absolute Gasteiger partial charge is 0.289 e. The van der Waals surface area contributed by atoms with Gasteiger partial charge in [-0.2, -0.15) is 0 Å². The Bertz CT molecular complexity index is 636. The van der Waals surface area contributed by atoms with Crippen LogP contribution >= 0.6 is 0 Å². The molecule has 2 aromatic rings. The molecular formula is C17H22N2O2. The number of rotatable bonds is 3. The van der Waals surface area contributed by atoms with Crippen LogP contribution in [0, 0.1) is 19.8 Å². The molecule has 4 heteroatoms. The van der Waals surface area contributed by atoms with E-state index >= 15 is 0 Å². The maximum absolute atomic E-state index is 12.5. The second kappa shape index (κ2) is 5.53. The van der Waals surface area contributed by atoms with Gasteiger partial charge in [0.1, 0.15) is 5.58 Å². The molecule has 0 bridgehead atoms. The quantitative estimate of drug-likeness (QED) is 0.943. The molecule has 3 rings (SSSR count). The van der Waals surface area contributed by atoms with Crippen molar-refractivity contribution in [1.29, 1.82) is 0 Å². The largest absolute Gasteiger partial charge is 0.451 e. The third-order valence-electron chi connectivity index (χ3n) is 4.41. The molecule has 1 amide bonds. The van der Waals surface area contributed by atoms with Crippen molar-refractivity contribution in [2.45, 2.75) is 20.3 Å².